The van der Waals surface area contributed by atoms with Gasteiger partial charge in [-0.3, -0.25) is 0 Å². The van der Waals surface area contributed by atoms with E-state index >= 15 is 0 Å². The van der Waals surface area contributed by atoms with Gasteiger partial charge >= 0.3 is 0 Å². The molecule has 0 saturated heterocycles. The molecule has 1 atom stereocenters. The van der Waals surface area contributed by atoms with Crippen LogP contribution in [0.2, 0.25) is 0 Å². The highest BCUT2D eigenvalue weighted by molar-refractivity contribution is 7.13. The summed E-state index contributed by atoms with van der Waals surface area (Å²) in [4.78, 5) is 6.05. The quantitative estimate of drug-likeness (QED) is 0.787. The largest absolute Gasteiger partial charge is 0.308 e. The van der Waals surface area contributed by atoms with E-state index in [0.717, 1.165) is 0 Å². The topological polar surface area (TPSA) is 12.0 Å². The molecule has 0 aliphatic heterocycles. The second-order valence-corrected chi connectivity index (χ2v) is 8.24. The predicted molar refractivity (Wildman–Crippen MR) is 90.3 cm³/mol. The van der Waals surface area contributed by atoms with Gasteiger partial charge in [0.25, 0.3) is 0 Å². The van der Waals surface area contributed by atoms with Crippen LogP contribution in [-0.2, 0) is 12.8 Å². The Hall–Kier alpha value is -0.640. The summed E-state index contributed by atoms with van der Waals surface area (Å²) in [6.45, 7) is 4.44. The Morgan fingerprint density at radius 1 is 1.05 bits per heavy atom. The summed E-state index contributed by atoms with van der Waals surface area (Å²) in [7, 11) is 2.09. The molecule has 2 aromatic heterocycles. The Morgan fingerprint density at radius 2 is 1.85 bits per heavy atom. The number of nitrogens with one attached hydrogen (secondary N) is 1. The lowest BCUT2D eigenvalue weighted by atomic mass is 10.1. The molecule has 20 heavy (non-hydrogen) atoms. The minimum absolute atomic E-state index is 0.380. The van der Waals surface area contributed by atoms with E-state index in [9.17, 15) is 0 Å². The summed E-state index contributed by atoms with van der Waals surface area (Å²) < 4.78 is 0. The maximum absolute atomic E-state index is 3.53. The maximum atomic E-state index is 3.53. The Bertz CT molecular complexity index is 571. The average molecular weight is 306 g/mol. The fraction of sp³-hybridized carbons (Fsp3) is 0.529. The molecule has 0 bridgehead atoms. The van der Waals surface area contributed by atoms with E-state index in [-0.39, 0.29) is 0 Å². The Morgan fingerprint density at radius 3 is 2.55 bits per heavy atom. The first-order chi connectivity index (χ1) is 9.69. The second-order valence-electron chi connectivity index (χ2n) is 5.78. The summed E-state index contributed by atoms with van der Waals surface area (Å²) >= 11 is 3.97. The molecular weight excluding hydrogens is 282 g/mol. The van der Waals surface area contributed by atoms with Gasteiger partial charge in [-0.05, 0) is 69.8 Å². The van der Waals surface area contributed by atoms with Crippen molar-refractivity contribution in [3.63, 3.8) is 0 Å². The third-order valence-corrected chi connectivity index (χ3v) is 6.70. The van der Waals surface area contributed by atoms with Crippen LogP contribution in [-0.4, -0.2) is 7.05 Å². The lowest BCUT2D eigenvalue weighted by Gasteiger charge is -2.14. The van der Waals surface area contributed by atoms with Gasteiger partial charge in [-0.1, -0.05) is 6.42 Å². The van der Waals surface area contributed by atoms with Gasteiger partial charge in [0.05, 0.1) is 6.04 Å². The van der Waals surface area contributed by atoms with Crippen LogP contribution in [0.25, 0.3) is 0 Å². The molecule has 0 radical (unpaired) electrons. The maximum Gasteiger partial charge on any atom is 0.0765 e. The smallest absolute Gasteiger partial charge is 0.0765 e. The molecule has 1 aliphatic rings. The minimum Gasteiger partial charge on any atom is -0.308 e. The van der Waals surface area contributed by atoms with Crippen molar-refractivity contribution in [2.24, 2.45) is 0 Å². The number of hydrogen-bond donors (Lipinski definition) is 1. The van der Waals surface area contributed by atoms with Gasteiger partial charge in [-0.15, -0.1) is 22.7 Å². The molecular formula is C17H23NS2. The normalized spacial score (nSPS) is 16.8. The van der Waals surface area contributed by atoms with Crippen LogP contribution in [0.1, 0.15) is 55.9 Å². The summed E-state index contributed by atoms with van der Waals surface area (Å²) in [5.41, 5.74) is 3.05. The molecule has 0 aromatic carbocycles. The molecule has 1 unspecified atom stereocenters. The molecule has 0 saturated carbocycles. The van der Waals surface area contributed by atoms with E-state index in [0.29, 0.717) is 6.04 Å². The van der Waals surface area contributed by atoms with Crippen molar-refractivity contribution >= 4 is 22.7 Å². The predicted octanol–water partition coefficient (Wildman–Crippen LogP) is 5.00. The molecule has 2 aromatic rings. The summed E-state index contributed by atoms with van der Waals surface area (Å²) in [6.07, 6.45) is 6.71. The van der Waals surface area contributed by atoms with Gasteiger partial charge in [-0.2, -0.15) is 0 Å². The van der Waals surface area contributed by atoms with E-state index in [2.05, 4.69) is 38.3 Å². The van der Waals surface area contributed by atoms with Crippen molar-refractivity contribution in [3.8, 4) is 0 Å². The molecule has 0 spiro atoms. The van der Waals surface area contributed by atoms with Crippen LogP contribution < -0.4 is 5.32 Å². The zero-order valence-electron chi connectivity index (χ0n) is 12.6. The van der Waals surface area contributed by atoms with Crippen LogP contribution in [0.15, 0.2) is 12.1 Å². The van der Waals surface area contributed by atoms with Gasteiger partial charge in [0.1, 0.15) is 0 Å². The van der Waals surface area contributed by atoms with E-state index in [4.69, 9.17) is 0 Å². The zero-order chi connectivity index (χ0) is 14.1. The van der Waals surface area contributed by atoms with Gasteiger partial charge < -0.3 is 5.32 Å². The van der Waals surface area contributed by atoms with E-state index in [1.165, 1.54) is 52.3 Å². The summed E-state index contributed by atoms with van der Waals surface area (Å²) in [5, 5.41) is 3.53. The number of fused-ring (bicyclic) bond motifs is 1. The van der Waals surface area contributed by atoms with E-state index < -0.39 is 0 Å². The Kier molecular flexibility index (Phi) is 4.29. The second kappa shape index (κ2) is 6.00. The van der Waals surface area contributed by atoms with Crippen molar-refractivity contribution in [2.45, 2.75) is 52.0 Å². The Balaban J connectivity index is 1.95. The van der Waals surface area contributed by atoms with E-state index in [1.807, 2.05) is 22.7 Å². The average Bonchev–Trinajstić information content (AvgIpc) is 2.88. The third-order valence-electron chi connectivity index (χ3n) is 4.18. The SMILES string of the molecule is CNC(c1cc2c(s1)CCCCC2)c1sc(C)cc1C. The van der Waals surface area contributed by atoms with Gasteiger partial charge in [0, 0.05) is 19.5 Å². The first-order valence-electron chi connectivity index (χ1n) is 7.54. The summed E-state index contributed by atoms with van der Waals surface area (Å²) in [6, 6.07) is 5.16. The molecule has 1 aliphatic carbocycles. The zero-order valence-corrected chi connectivity index (χ0v) is 14.2. The van der Waals surface area contributed by atoms with Crippen LogP contribution in [0, 0.1) is 13.8 Å². The first kappa shape index (κ1) is 14.3. The van der Waals surface area contributed by atoms with Gasteiger partial charge in [-0.25, -0.2) is 0 Å². The summed E-state index contributed by atoms with van der Waals surface area (Å²) in [5.74, 6) is 0. The van der Waals surface area contributed by atoms with Crippen LogP contribution in [0.4, 0.5) is 0 Å². The number of hydrogen-bond acceptors (Lipinski definition) is 3. The lowest BCUT2D eigenvalue weighted by Crippen LogP contribution is -2.16. The molecule has 108 valence electrons. The fourth-order valence-corrected chi connectivity index (χ4v) is 5.80. The van der Waals surface area contributed by atoms with Crippen molar-refractivity contribution in [1.29, 1.82) is 0 Å². The molecule has 1 N–H and O–H groups in total. The highest BCUT2D eigenvalue weighted by atomic mass is 32.1. The van der Waals surface area contributed by atoms with Crippen molar-refractivity contribution in [3.05, 3.63) is 42.8 Å². The van der Waals surface area contributed by atoms with Crippen molar-refractivity contribution in [2.75, 3.05) is 7.05 Å². The Labute approximate surface area is 130 Å². The standard InChI is InChI=1S/C17H23NS2/c1-11-9-12(2)19-17(11)16(18-3)15-10-13-7-5-4-6-8-14(13)20-15/h9-10,16,18H,4-8H2,1-3H3. The highest BCUT2D eigenvalue weighted by Crippen LogP contribution is 2.38. The first-order valence-corrected chi connectivity index (χ1v) is 9.18. The van der Waals surface area contributed by atoms with Crippen molar-refractivity contribution in [1.82, 2.24) is 5.32 Å². The lowest BCUT2D eigenvalue weighted by molar-refractivity contribution is 0.703. The number of rotatable bonds is 3. The molecule has 3 heteroatoms. The number of thiophene rings is 2. The minimum atomic E-state index is 0.380. The van der Waals surface area contributed by atoms with Crippen molar-refractivity contribution < 1.29 is 0 Å². The van der Waals surface area contributed by atoms with Crippen LogP contribution in [0.5, 0.6) is 0 Å². The molecule has 3 rings (SSSR count). The van der Waals surface area contributed by atoms with Gasteiger partial charge in [0.2, 0.25) is 0 Å². The molecule has 0 amide bonds. The van der Waals surface area contributed by atoms with Crippen LogP contribution in [0.3, 0.4) is 0 Å². The third kappa shape index (κ3) is 2.72. The fourth-order valence-electron chi connectivity index (χ4n) is 3.18. The van der Waals surface area contributed by atoms with Crippen LogP contribution >= 0.6 is 22.7 Å². The molecule has 2 heterocycles. The van der Waals surface area contributed by atoms with Gasteiger partial charge in [0.15, 0.2) is 0 Å². The van der Waals surface area contributed by atoms with E-state index in [1.54, 1.807) is 10.4 Å². The number of aryl methyl sites for hydroxylation is 4. The highest BCUT2D eigenvalue weighted by Gasteiger charge is 2.21. The monoisotopic (exact) mass is 305 g/mol. The molecule has 0 fully saturated rings. The molecule has 1 nitrogen and oxygen atoms in total.